The van der Waals surface area contributed by atoms with Crippen LogP contribution in [0.2, 0.25) is 0 Å². The minimum absolute atomic E-state index is 0. The van der Waals surface area contributed by atoms with Crippen LogP contribution in [-0.2, 0) is 44.0 Å². The summed E-state index contributed by atoms with van der Waals surface area (Å²) in [6.07, 6.45) is 4.35. The Balaban J connectivity index is 0.00000484. The van der Waals surface area contributed by atoms with E-state index >= 15 is 0 Å². The Hall–Kier alpha value is -7.08. The van der Waals surface area contributed by atoms with Crippen LogP contribution in [0.4, 0.5) is 0 Å². The minimum Gasteiger partial charge on any atom is -0.500 e. The monoisotopic (exact) mass is 1000 g/mol. The normalized spacial score (nSPS) is 13.4. The van der Waals surface area contributed by atoms with Gasteiger partial charge in [0.1, 0.15) is 11.2 Å². The Bertz CT molecular complexity index is 3370. The fraction of sp³-hybridized carbons (Fsp3) is 0.0862. The van der Waals surface area contributed by atoms with Gasteiger partial charge in [0.2, 0.25) is 0 Å². The molecule has 0 spiro atoms. The predicted octanol–water partition coefficient (Wildman–Crippen LogP) is 13.0. The molecule has 0 saturated heterocycles. The second kappa shape index (κ2) is 16.9. The molecule has 4 heterocycles. The van der Waals surface area contributed by atoms with Crippen LogP contribution >= 0.6 is 0 Å². The summed E-state index contributed by atoms with van der Waals surface area (Å²) in [5.41, 5.74) is 8.06. The fourth-order valence-electron chi connectivity index (χ4n) is 9.32. The first-order valence-corrected chi connectivity index (χ1v) is 21.3. The predicted molar refractivity (Wildman–Crippen MR) is 253 cm³/mol. The summed E-state index contributed by atoms with van der Waals surface area (Å²) in [6.45, 7) is 2.21. The maximum Gasteiger partial charge on any atom is 0.134 e. The van der Waals surface area contributed by atoms with Gasteiger partial charge in [-0.3, -0.25) is 9.97 Å². The van der Waals surface area contributed by atoms with Gasteiger partial charge >= 0.3 is 0 Å². The molecule has 0 fully saturated rings. The van der Waals surface area contributed by atoms with Gasteiger partial charge in [-0.25, -0.2) is 0 Å². The molecule has 6 heteroatoms. The Morgan fingerprint density at radius 2 is 1.28 bits per heavy atom. The SMILES string of the molecule is CC(Cc1cccc(-c2[c-]c(CC(O)(c3ccc(-c4ccccc4)cc3)c3ccccn3)cc3c2oc2c3ccc3ccc4ccccc4c32)n1)(c1[c-]cccc1)c1ccccn1.[Ir]. The van der Waals surface area contributed by atoms with Crippen molar-refractivity contribution in [3.63, 3.8) is 0 Å². The molecule has 5 nitrogen and oxygen atoms in total. The molecule has 1 N–H and O–H groups in total. The molecule has 0 bridgehead atoms. The molecule has 2 atom stereocenters. The summed E-state index contributed by atoms with van der Waals surface area (Å²) in [6, 6.07) is 70.9. The molecular weight excluding hydrogens is 963 g/mol. The molecule has 11 aromatic rings. The number of benzene rings is 7. The number of rotatable bonds is 10. The molecule has 0 amide bonds. The molecule has 1 radical (unpaired) electrons. The maximum atomic E-state index is 13.1. The van der Waals surface area contributed by atoms with Crippen LogP contribution in [0.3, 0.4) is 0 Å². The van der Waals surface area contributed by atoms with Crippen LogP contribution in [0.5, 0.6) is 0 Å². The van der Waals surface area contributed by atoms with Gasteiger partial charge < -0.3 is 14.5 Å². The van der Waals surface area contributed by atoms with Crippen molar-refractivity contribution >= 4 is 43.5 Å². The summed E-state index contributed by atoms with van der Waals surface area (Å²) in [5, 5.41) is 19.4. The van der Waals surface area contributed by atoms with E-state index < -0.39 is 11.0 Å². The van der Waals surface area contributed by atoms with Crippen molar-refractivity contribution in [1.82, 2.24) is 15.0 Å². The van der Waals surface area contributed by atoms with Gasteiger partial charge in [0, 0.05) is 66.5 Å². The first-order chi connectivity index (χ1) is 30.9. The third kappa shape index (κ3) is 7.30. The topological polar surface area (TPSA) is 72.0 Å². The Morgan fingerprint density at radius 1 is 0.578 bits per heavy atom. The van der Waals surface area contributed by atoms with Gasteiger partial charge in [-0.2, -0.15) is 30.3 Å². The summed E-state index contributed by atoms with van der Waals surface area (Å²) in [4.78, 5) is 15.0. The molecule has 0 aliphatic heterocycles. The van der Waals surface area contributed by atoms with E-state index in [9.17, 15) is 5.11 Å². The third-order valence-electron chi connectivity index (χ3n) is 12.6. The summed E-state index contributed by atoms with van der Waals surface area (Å²) < 4.78 is 7.09. The van der Waals surface area contributed by atoms with Crippen LogP contribution in [0.15, 0.2) is 205 Å². The van der Waals surface area contributed by atoms with Crippen molar-refractivity contribution in [3.8, 4) is 22.4 Å². The average molecular weight is 1000 g/mol. The van der Waals surface area contributed by atoms with E-state index in [1.165, 1.54) is 0 Å². The second-order valence-corrected chi connectivity index (χ2v) is 16.6. The van der Waals surface area contributed by atoms with Crippen molar-refractivity contribution in [2.75, 3.05) is 0 Å². The molecule has 7 aromatic carbocycles. The average Bonchev–Trinajstić information content (AvgIpc) is 3.73. The molecule has 0 aliphatic carbocycles. The van der Waals surface area contributed by atoms with Crippen molar-refractivity contribution in [2.24, 2.45) is 0 Å². The largest absolute Gasteiger partial charge is 0.500 e. The molecule has 2 unspecified atom stereocenters. The van der Waals surface area contributed by atoms with Gasteiger partial charge in [0.15, 0.2) is 0 Å². The van der Waals surface area contributed by atoms with Gasteiger partial charge in [-0.05, 0) is 75.3 Å². The Morgan fingerprint density at radius 3 is 2.05 bits per heavy atom. The van der Waals surface area contributed by atoms with E-state index in [1.807, 2.05) is 91.1 Å². The van der Waals surface area contributed by atoms with Gasteiger partial charge in [0.25, 0.3) is 0 Å². The molecule has 0 saturated carbocycles. The zero-order chi connectivity index (χ0) is 42.4. The number of fused-ring (bicyclic) bond motifs is 7. The molecule has 0 aliphatic rings. The van der Waals surface area contributed by atoms with Crippen LogP contribution in [0.25, 0.3) is 65.9 Å². The Kier molecular flexibility index (Phi) is 10.8. The van der Waals surface area contributed by atoms with Crippen LogP contribution in [0, 0.1) is 12.1 Å². The molecule has 311 valence electrons. The second-order valence-electron chi connectivity index (χ2n) is 16.6. The fourth-order valence-corrected chi connectivity index (χ4v) is 9.32. The number of furan rings is 1. The van der Waals surface area contributed by atoms with Gasteiger partial charge in [-0.1, -0.05) is 145 Å². The number of nitrogens with zero attached hydrogens (tertiary/aromatic N) is 3. The minimum atomic E-state index is -1.49. The quantitative estimate of drug-likeness (QED) is 0.109. The van der Waals surface area contributed by atoms with E-state index in [-0.39, 0.29) is 26.5 Å². The smallest absolute Gasteiger partial charge is 0.134 e. The van der Waals surface area contributed by atoms with Crippen LogP contribution in [0.1, 0.15) is 40.7 Å². The van der Waals surface area contributed by atoms with E-state index in [0.29, 0.717) is 17.7 Å². The molecule has 4 aromatic heterocycles. The first-order valence-electron chi connectivity index (χ1n) is 21.3. The molecule has 64 heavy (non-hydrogen) atoms. The summed E-state index contributed by atoms with van der Waals surface area (Å²) in [5.74, 6) is 0. The Labute approximate surface area is 385 Å². The van der Waals surface area contributed by atoms with Gasteiger partial charge in [-0.15, -0.1) is 23.3 Å². The number of pyridine rings is 3. The number of aromatic nitrogens is 3. The van der Waals surface area contributed by atoms with Crippen LogP contribution in [-0.4, -0.2) is 20.1 Å². The van der Waals surface area contributed by atoms with Crippen molar-refractivity contribution in [2.45, 2.75) is 30.8 Å². The summed E-state index contributed by atoms with van der Waals surface area (Å²) >= 11 is 0. The van der Waals surface area contributed by atoms with Crippen molar-refractivity contribution < 1.29 is 29.6 Å². The van der Waals surface area contributed by atoms with Gasteiger partial charge in [0.05, 0.1) is 11.3 Å². The maximum absolute atomic E-state index is 13.1. The van der Waals surface area contributed by atoms with Crippen molar-refractivity contribution in [3.05, 3.63) is 246 Å². The summed E-state index contributed by atoms with van der Waals surface area (Å²) in [7, 11) is 0. The van der Waals surface area contributed by atoms with Crippen LogP contribution < -0.4 is 0 Å². The van der Waals surface area contributed by atoms with Crippen molar-refractivity contribution in [1.29, 1.82) is 0 Å². The van der Waals surface area contributed by atoms with E-state index in [0.717, 1.165) is 88.4 Å². The standard InChI is InChI=1S/C58H41N3O2.Ir/c1-57(44-18-6-3-7-19-44,52-23-10-12-33-59-52)38-46-20-14-22-51(61-46)50-36-39(35-49-48-32-29-43-26-25-42-17-8-9-21-47(42)54(43)56(48)63-55(49)50)37-58(62,53-24-11-13-34-60-53)45-30-27-41(28-31-45)40-15-4-2-5-16-40;/h2-18,20-35,62H,37-38H2,1H3;/q-2;. The van der Waals surface area contributed by atoms with E-state index in [2.05, 4.69) is 122 Å². The first kappa shape index (κ1) is 41.0. The zero-order valence-corrected chi connectivity index (χ0v) is 37.4. The van der Waals surface area contributed by atoms with E-state index in [4.69, 9.17) is 19.4 Å². The van der Waals surface area contributed by atoms with E-state index in [1.54, 1.807) is 6.20 Å². The molecular formula is C58H41IrN3O2-2. The number of hydrogen-bond acceptors (Lipinski definition) is 5. The number of aliphatic hydroxyl groups is 1. The zero-order valence-electron chi connectivity index (χ0n) is 35.0. The third-order valence-corrected chi connectivity index (χ3v) is 12.6. The number of hydrogen-bond donors (Lipinski definition) is 1. The molecule has 11 rings (SSSR count).